The van der Waals surface area contributed by atoms with Gasteiger partial charge in [-0.3, -0.25) is 4.79 Å². The summed E-state index contributed by atoms with van der Waals surface area (Å²) in [6.07, 6.45) is -0.626. The van der Waals surface area contributed by atoms with Crippen LogP contribution in [0.2, 0.25) is 0 Å². The van der Waals surface area contributed by atoms with Crippen LogP contribution in [-0.4, -0.2) is 31.1 Å². The van der Waals surface area contributed by atoms with Crippen LogP contribution >= 0.6 is 0 Å². The number of benzene rings is 2. The maximum absolute atomic E-state index is 12.6. The number of nitrogens with zero attached hydrogens (tertiary/aromatic N) is 2. The predicted molar refractivity (Wildman–Crippen MR) is 95.4 cm³/mol. The highest BCUT2D eigenvalue weighted by molar-refractivity contribution is 5.81. The largest absolute Gasteiger partial charge is 0.497 e. The van der Waals surface area contributed by atoms with Gasteiger partial charge in [0.2, 0.25) is 0 Å². The Kier molecular flexibility index (Phi) is 6.02. The van der Waals surface area contributed by atoms with E-state index in [1.807, 2.05) is 31.2 Å². The van der Waals surface area contributed by atoms with Gasteiger partial charge in [-0.05, 0) is 55.8 Å². The Bertz CT molecular complexity index is 748. The van der Waals surface area contributed by atoms with E-state index in [0.29, 0.717) is 11.3 Å². The molecule has 0 radical (unpaired) electrons. The average Bonchev–Trinajstić information content (AvgIpc) is 2.66. The Morgan fingerprint density at radius 1 is 1.04 bits per heavy atom. The molecule has 1 amide bonds. The SMILES string of the molecule is COc1ccc(C(C)N(C)C(=O)C(C)Oc2ccc(C#N)cc2)cc1. The summed E-state index contributed by atoms with van der Waals surface area (Å²) >= 11 is 0. The molecule has 25 heavy (non-hydrogen) atoms. The summed E-state index contributed by atoms with van der Waals surface area (Å²) in [4.78, 5) is 14.3. The van der Waals surface area contributed by atoms with Gasteiger partial charge >= 0.3 is 0 Å². The van der Waals surface area contributed by atoms with Gasteiger partial charge in [-0.25, -0.2) is 0 Å². The zero-order valence-corrected chi connectivity index (χ0v) is 14.9. The molecule has 0 aliphatic rings. The van der Waals surface area contributed by atoms with Crippen molar-refractivity contribution in [1.29, 1.82) is 5.26 Å². The number of carbonyl (C=O) groups excluding carboxylic acids is 1. The summed E-state index contributed by atoms with van der Waals surface area (Å²) in [6, 6.07) is 16.3. The fourth-order valence-electron chi connectivity index (χ4n) is 2.45. The lowest BCUT2D eigenvalue weighted by atomic mass is 10.1. The Labute approximate surface area is 148 Å². The number of carbonyl (C=O) groups is 1. The maximum Gasteiger partial charge on any atom is 0.263 e. The second kappa shape index (κ2) is 8.20. The van der Waals surface area contributed by atoms with Crippen molar-refractivity contribution in [3.05, 3.63) is 59.7 Å². The van der Waals surface area contributed by atoms with Crippen molar-refractivity contribution in [2.45, 2.75) is 26.0 Å². The van der Waals surface area contributed by atoms with Crippen molar-refractivity contribution >= 4 is 5.91 Å². The molecule has 0 fully saturated rings. The summed E-state index contributed by atoms with van der Waals surface area (Å²) in [6.45, 7) is 3.69. The van der Waals surface area contributed by atoms with E-state index in [1.54, 1.807) is 50.2 Å². The summed E-state index contributed by atoms with van der Waals surface area (Å²) in [5.74, 6) is 1.22. The molecule has 2 aromatic carbocycles. The number of amides is 1. The lowest BCUT2D eigenvalue weighted by Gasteiger charge is -2.28. The molecule has 130 valence electrons. The van der Waals surface area contributed by atoms with E-state index in [1.165, 1.54) is 0 Å². The number of ether oxygens (including phenoxy) is 2. The van der Waals surface area contributed by atoms with Crippen LogP contribution in [0.5, 0.6) is 11.5 Å². The molecule has 2 unspecified atom stereocenters. The molecule has 0 bridgehead atoms. The van der Waals surface area contributed by atoms with Crippen LogP contribution in [0.15, 0.2) is 48.5 Å². The van der Waals surface area contributed by atoms with Gasteiger partial charge < -0.3 is 14.4 Å². The first kappa shape index (κ1) is 18.3. The third kappa shape index (κ3) is 4.51. The second-order valence-electron chi connectivity index (χ2n) is 5.79. The molecule has 2 aromatic rings. The van der Waals surface area contributed by atoms with E-state index in [-0.39, 0.29) is 11.9 Å². The molecule has 2 atom stereocenters. The third-order valence-corrected chi connectivity index (χ3v) is 4.17. The van der Waals surface area contributed by atoms with Crippen molar-refractivity contribution in [2.75, 3.05) is 14.2 Å². The number of likely N-dealkylation sites (N-methyl/N-ethyl adjacent to an activating group) is 1. The van der Waals surface area contributed by atoms with E-state index >= 15 is 0 Å². The minimum atomic E-state index is -0.626. The van der Waals surface area contributed by atoms with E-state index in [9.17, 15) is 4.79 Å². The smallest absolute Gasteiger partial charge is 0.263 e. The van der Waals surface area contributed by atoms with E-state index < -0.39 is 6.10 Å². The van der Waals surface area contributed by atoms with Gasteiger partial charge in [0.15, 0.2) is 6.10 Å². The first-order chi connectivity index (χ1) is 12.0. The van der Waals surface area contributed by atoms with Crippen LogP contribution in [0.4, 0.5) is 0 Å². The van der Waals surface area contributed by atoms with Crippen molar-refractivity contribution in [2.24, 2.45) is 0 Å². The van der Waals surface area contributed by atoms with E-state index in [2.05, 4.69) is 6.07 Å². The fraction of sp³-hybridized carbons (Fsp3) is 0.300. The highest BCUT2D eigenvalue weighted by atomic mass is 16.5. The van der Waals surface area contributed by atoms with Crippen LogP contribution < -0.4 is 9.47 Å². The standard InChI is InChI=1S/C20H22N2O3/c1-14(17-7-11-18(24-4)12-8-17)22(3)20(23)15(2)25-19-9-5-16(13-21)6-10-19/h5-12,14-15H,1-4H3. The summed E-state index contributed by atoms with van der Waals surface area (Å²) in [5.41, 5.74) is 1.57. The number of nitriles is 1. The minimum absolute atomic E-state index is 0.0922. The Morgan fingerprint density at radius 2 is 1.60 bits per heavy atom. The van der Waals surface area contributed by atoms with Crippen molar-refractivity contribution in [1.82, 2.24) is 4.90 Å². The number of hydrogen-bond acceptors (Lipinski definition) is 4. The lowest BCUT2D eigenvalue weighted by Crippen LogP contribution is -2.39. The minimum Gasteiger partial charge on any atom is -0.497 e. The number of hydrogen-bond donors (Lipinski definition) is 0. The number of methoxy groups -OCH3 is 1. The third-order valence-electron chi connectivity index (χ3n) is 4.17. The van der Waals surface area contributed by atoms with Gasteiger partial charge in [-0.15, -0.1) is 0 Å². The van der Waals surface area contributed by atoms with Crippen LogP contribution in [-0.2, 0) is 4.79 Å². The van der Waals surface area contributed by atoms with Crippen molar-refractivity contribution < 1.29 is 14.3 Å². The molecule has 0 aliphatic heterocycles. The quantitative estimate of drug-likeness (QED) is 0.808. The van der Waals surface area contributed by atoms with Gasteiger partial charge in [-0.2, -0.15) is 5.26 Å². The molecule has 5 nitrogen and oxygen atoms in total. The average molecular weight is 338 g/mol. The number of rotatable bonds is 6. The van der Waals surface area contributed by atoms with Crippen molar-refractivity contribution in [3.63, 3.8) is 0 Å². The maximum atomic E-state index is 12.6. The Hall–Kier alpha value is -3.00. The molecule has 0 heterocycles. The first-order valence-electron chi connectivity index (χ1n) is 8.03. The molecule has 2 rings (SSSR count). The molecular weight excluding hydrogens is 316 g/mol. The second-order valence-corrected chi connectivity index (χ2v) is 5.79. The molecule has 0 saturated heterocycles. The van der Waals surface area contributed by atoms with Crippen LogP contribution in [0.1, 0.15) is 31.0 Å². The van der Waals surface area contributed by atoms with Gasteiger partial charge in [-0.1, -0.05) is 12.1 Å². The van der Waals surface area contributed by atoms with Crippen LogP contribution in [0.3, 0.4) is 0 Å². The summed E-state index contributed by atoms with van der Waals surface area (Å²) in [5, 5.41) is 8.81. The summed E-state index contributed by atoms with van der Waals surface area (Å²) < 4.78 is 10.9. The topological polar surface area (TPSA) is 62.6 Å². The zero-order chi connectivity index (χ0) is 18.4. The van der Waals surface area contributed by atoms with E-state index in [4.69, 9.17) is 14.7 Å². The molecule has 5 heteroatoms. The summed E-state index contributed by atoms with van der Waals surface area (Å²) in [7, 11) is 3.38. The highest BCUT2D eigenvalue weighted by Gasteiger charge is 2.24. The Morgan fingerprint density at radius 3 is 2.12 bits per heavy atom. The normalized spacial score (nSPS) is 12.6. The van der Waals surface area contributed by atoms with Crippen molar-refractivity contribution in [3.8, 4) is 17.6 Å². The molecule has 0 aliphatic carbocycles. The molecule has 0 aromatic heterocycles. The predicted octanol–water partition coefficient (Wildman–Crippen LogP) is 3.55. The molecule has 0 spiro atoms. The Balaban J connectivity index is 2.02. The van der Waals surface area contributed by atoms with E-state index in [0.717, 1.165) is 11.3 Å². The van der Waals surface area contributed by atoms with Crippen LogP contribution in [0, 0.1) is 11.3 Å². The van der Waals surface area contributed by atoms with Gasteiger partial charge in [0.1, 0.15) is 11.5 Å². The van der Waals surface area contributed by atoms with Crippen LogP contribution in [0.25, 0.3) is 0 Å². The zero-order valence-electron chi connectivity index (χ0n) is 14.9. The molecule has 0 saturated carbocycles. The van der Waals surface area contributed by atoms with Gasteiger partial charge in [0.05, 0.1) is 24.8 Å². The monoisotopic (exact) mass is 338 g/mol. The molecular formula is C20H22N2O3. The fourth-order valence-corrected chi connectivity index (χ4v) is 2.45. The molecule has 0 N–H and O–H groups in total. The highest BCUT2D eigenvalue weighted by Crippen LogP contribution is 2.23. The van der Waals surface area contributed by atoms with Gasteiger partial charge in [0, 0.05) is 7.05 Å². The first-order valence-corrected chi connectivity index (χ1v) is 8.03. The lowest BCUT2D eigenvalue weighted by molar-refractivity contribution is -0.138. The van der Waals surface area contributed by atoms with Gasteiger partial charge in [0.25, 0.3) is 5.91 Å².